The highest BCUT2D eigenvalue weighted by atomic mass is 32.1. The number of halogens is 1. The van der Waals surface area contributed by atoms with Crippen LogP contribution in [-0.2, 0) is 11.2 Å². The number of hydrogen-bond acceptors (Lipinski definition) is 4. The first-order valence-electron chi connectivity index (χ1n) is 12.0. The smallest absolute Gasteiger partial charge is 0.225 e. The largest absolute Gasteiger partial charge is 0.392 e. The molecule has 32 heavy (non-hydrogen) atoms. The summed E-state index contributed by atoms with van der Waals surface area (Å²) in [6.07, 6.45) is 4.49. The summed E-state index contributed by atoms with van der Waals surface area (Å²) in [5, 5.41) is 12.5. The Labute approximate surface area is 193 Å². The second-order valence-electron chi connectivity index (χ2n) is 10.5. The van der Waals surface area contributed by atoms with Gasteiger partial charge in [-0.2, -0.15) is 0 Å². The van der Waals surface area contributed by atoms with E-state index in [-0.39, 0.29) is 40.8 Å². The zero-order valence-electron chi connectivity index (χ0n) is 19.2. The molecule has 3 aliphatic rings. The molecule has 1 N–H and O–H groups in total. The van der Waals surface area contributed by atoms with E-state index >= 15 is 0 Å². The van der Waals surface area contributed by atoms with Crippen molar-refractivity contribution in [1.29, 1.82) is 0 Å². The molecular formula is C26H33FN2O2S. The van der Waals surface area contributed by atoms with Crippen molar-refractivity contribution in [2.75, 3.05) is 13.1 Å². The van der Waals surface area contributed by atoms with Gasteiger partial charge >= 0.3 is 0 Å². The highest BCUT2D eigenvalue weighted by Gasteiger charge is 2.54. The van der Waals surface area contributed by atoms with Gasteiger partial charge in [-0.1, -0.05) is 20.8 Å². The molecule has 1 aromatic heterocycles. The molecule has 1 aliphatic heterocycles. The van der Waals surface area contributed by atoms with E-state index in [4.69, 9.17) is 4.98 Å². The number of aromatic nitrogens is 1. The second kappa shape index (κ2) is 8.21. The minimum Gasteiger partial charge on any atom is -0.392 e. The Bertz CT molecular complexity index is 1000. The first-order valence-corrected chi connectivity index (χ1v) is 12.8. The number of thiazole rings is 1. The van der Waals surface area contributed by atoms with Gasteiger partial charge in [0.15, 0.2) is 0 Å². The maximum atomic E-state index is 13.4. The highest BCUT2D eigenvalue weighted by molar-refractivity contribution is 7.15. The van der Waals surface area contributed by atoms with Crippen molar-refractivity contribution in [3.8, 4) is 10.6 Å². The van der Waals surface area contributed by atoms with E-state index in [0.717, 1.165) is 61.5 Å². The van der Waals surface area contributed by atoms with Gasteiger partial charge in [0.1, 0.15) is 10.8 Å². The topological polar surface area (TPSA) is 53.4 Å². The summed E-state index contributed by atoms with van der Waals surface area (Å²) in [4.78, 5) is 21.3. The standard InChI is InChI=1S/C26H33FN2O2S/c1-15(25(31)29-12-4-5-13-29)19-10-11-26(3)14-20-22(16(2)21(26)23(19)30)28-24(32-20)17-6-8-18(27)9-7-17/h6-9,15-16,19,21,23,30H,4-5,10-14H2,1-3H3/t15-,16+,19+,21+,23-,26+/m0/s1. The van der Waals surface area contributed by atoms with E-state index in [0.29, 0.717) is 0 Å². The first-order chi connectivity index (χ1) is 15.3. The van der Waals surface area contributed by atoms with Crippen molar-refractivity contribution in [3.05, 3.63) is 40.7 Å². The van der Waals surface area contributed by atoms with Gasteiger partial charge in [-0.25, -0.2) is 9.37 Å². The van der Waals surface area contributed by atoms with Crippen LogP contribution in [0.25, 0.3) is 10.6 Å². The number of amides is 1. The average molecular weight is 457 g/mol. The lowest BCUT2D eigenvalue weighted by Crippen LogP contribution is -2.53. The van der Waals surface area contributed by atoms with Crippen LogP contribution in [0.15, 0.2) is 24.3 Å². The Morgan fingerprint density at radius 3 is 2.66 bits per heavy atom. The van der Waals surface area contributed by atoms with E-state index in [1.165, 1.54) is 17.0 Å². The van der Waals surface area contributed by atoms with E-state index < -0.39 is 6.10 Å². The summed E-state index contributed by atoms with van der Waals surface area (Å²) >= 11 is 1.71. The van der Waals surface area contributed by atoms with Crippen LogP contribution >= 0.6 is 11.3 Å². The number of rotatable bonds is 3. The van der Waals surface area contributed by atoms with E-state index in [1.807, 2.05) is 11.8 Å². The Hall–Kier alpha value is -1.79. The molecule has 0 bridgehead atoms. The summed E-state index contributed by atoms with van der Waals surface area (Å²) in [6.45, 7) is 8.23. The molecule has 0 spiro atoms. The normalized spacial score (nSPS) is 33.0. The second-order valence-corrected chi connectivity index (χ2v) is 11.6. The quantitative estimate of drug-likeness (QED) is 0.685. The number of aliphatic hydroxyl groups is 1. The highest BCUT2D eigenvalue weighted by Crippen LogP contribution is 2.57. The zero-order valence-corrected chi connectivity index (χ0v) is 20.0. The Morgan fingerprint density at radius 2 is 1.97 bits per heavy atom. The van der Waals surface area contributed by atoms with Crippen molar-refractivity contribution in [2.45, 2.75) is 64.9 Å². The summed E-state index contributed by atoms with van der Waals surface area (Å²) in [7, 11) is 0. The van der Waals surface area contributed by atoms with Crippen LogP contribution in [0, 0.1) is 29.0 Å². The van der Waals surface area contributed by atoms with Crippen LogP contribution < -0.4 is 0 Å². The number of fused-ring (bicyclic) bond motifs is 2. The fraction of sp³-hybridized carbons (Fsp3) is 0.615. The van der Waals surface area contributed by atoms with Crippen molar-refractivity contribution in [1.82, 2.24) is 9.88 Å². The maximum absolute atomic E-state index is 13.4. The van der Waals surface area contributed by atoms with Crippen LogP contribution in [-0.4, -0.2) is 40.1 Å². The predicted octanol–water partition coefficient (Wildman–Crippen LogP) is 5.26. The first kappa shape index (κ1) is 22.0. The Morgan fingerprint density at radius 1 is 1.28 bits per heavy atom. The number of nitrogens with zero attached hydrogens (tertiary/aromatic N) is 2. The molecule has 1 saturated heterocycles. The van der Waals surface area contributed by atoms with Gasteiger partial charge < -0.3 is 10.0 Å². The zero-order chi connectivity index (χ0) is 22.6. The SMILES string of the molecule is C[C@H](C(=O)N1CCCC1)[C@H]1CC[C@]2(C)Cc3sc(-c4ccc(F)cc4)nc3[C@H](C)[C@@H]2[C@H]1O. The third kappa shape index (κ3) is 3.60. The van der Waals surface area contributed by atoms with E-state index in [9.17, 15) is 14.3 Å². The molecule has 5 rings (SSSR count). The summed E-state index contributed by atoms with van der Waals surface area (Å²) in [5.41, 5.74) is 2.02. The molecule has 1 saturated carbocycles. The molecule has 1 aromatic carbocycles. The lowest BCUT2D eigenvalue weighted by atomic mass is 9.53. The molecule has 0 unspecified atom stereocenters. The molecule has 2 heterocycles. The summed E-state index contributed by atoms with van der Waals surface area (Å²) in [6, 6.07) is 6.53. The van der Waals surface area contributed by atoms with Gasteiger partial charge in [0, 0.05) is 35.4 Å². The number of carbonyl (C=O) groups excluding carboxylic acids is 1. The van der Waals surface area contributed by atoms with E-state index in [1.54, 1.807) is 23.5 Å². The summed E-state index contributed by atoms with van der Waals surface area (Å²) < 4.78 is 13.4. The molecule has 4 nitrogen and oxygen atoms in total. The van der Waals surface area contributed by atoms with E-state index in [2.05, 4.69) is 13.8 Å². The monoisotopic (exact) mass is 456 g/mol. The molecular weight excluding hydrogens is 423 g/mol. The molecule has 0 radical (unpaired) electrons. The lowest BCUT2D eigenvalue weighted by Gasteiger charge is -2.53. The van der Waals surface area contributed by atoms with Crippen LogP contribution in [0.2, 0.25) is 0 Å². The minimum absolute atomic E-state index is 0.000352. The fourth-order valence-corrected chi connectivity index (χ4v) is 8.04. The van der Waals surface area contributed by atoms with Crippen molar-refractivity contribution >= 4 is 17.2 Å². The van der Waals surface area contributed by atoms with Gasteiger partial charge in [-0.05, 0) is 73.6 Å². The molecule has 1 amide bonds. The van der Waals surface area contributed by atoms with Crippen LogP contribution in [0.5, 0.6) is 0 Å². The molecule has 172 valence electrons. The maximum Gasteiger partial charge on any atom is 0.225 e. The van der Waals surface area contributed by atoms with Gasteiger partial charge in [0.05, 0.1) is 11.8 Å². The van der Waals surface area contributed by atoms with Crippen LogP contribution in [0.4, 0.5) is 4.39 Å². The molecule has 6 atom stereocenters. The average Bonchev–Trinajstić information content (AvgIpc) is 3.43. The van der Waals surface area contributed by atoms with Gasteiger partial charge in [-0.3, -0.25) is 4.79 Å². The fourth-order valence-electron chi connectivity index (χ4n) is 6.67. The number of benzene rings is 1. The Kier molecular flexibility index (Phi) is 5.65. The van der Waals surface area contributed by atoms with Gasteiger partial charge in [0.2, 0.25) is 5.91 Å². The predicted molar refractivity (Wildman–Crippen MR) is 125 cm³/mol. The molecule has 2 aliphatic carbocycles. The van der Waals surface area contributed by atoms with Crippen molar-refractivity contribution in [3.63, 3.8) is 0 Å². The number of aliphatic hydroxyl groups excluding tert-OH is 1. The third-order valence-corrected chi connectivity index (χ3v) is 9.58. The number of hydrogen-bond donors (Lipinski definition) is 1. The minimum atomic E-state index is -0.505. The lowest BCUT2D eigenvalue weighted by molar-refractivity contribution is -0.143. The van der Waals surface area contributed by atoms with Crippen LogP contribution in [0.3, 0.4) is 0 Å². The summed E-state index contributed by atoms with van der Waals surface area (Å²) in [5.74, 6) is 0.0407. The number of carbonyl (C=O) groups is 1. The molecule has 6 heteroatoms. The van der Waals surface area contributed by atoms with Gasteiger partial charge in [-0.15, -0.1) is 11.3 Å². The van der Waals surface area contributed by atoms with Crippen LogP contribution in [0.1, 0.15) is 62.9 Å². The van der Waals surface area contributed by atoms with Crippen molar-refractivity contribution < 1.29 is 14.3 Å². The molecule has 2 fully saturated rings. The number of likely N-dealkylation sites (tertiary alicyclic amines) is 1. The Balaban J connectivity index is 1.41. The van der Waals surface area contributed by atoms with Crippen molar-refractivity contribution in [2.24, 2.45) is 23.2 Å². The van der Waals surface area contributed by atoms with Gasteiger partial charge in [0.25, 0.3) is 0 Å². The molecule has 2 aromatic rings. The third-order valence-electron chi connectivity index (χ3n) is 8.46.